The topological polar surface area (TPSA) is 26.0 Å². The van der Waals surface area contributed by atoms with Gasteiger partial charge in [-0.3, -0.25) is 0 Å². The standard InChI is InChI=1S/C18H29N/c1-2-15-11-13-17(14-12-15)18(19)10-6-9-16-7-4-3-5-8-16/h3-5,7-8,15,17-18H,2,6,9-14,19H2,1H3. The number of hydrogen-bond donors (Lipinski definition) is 1. The molecule has 1 aromatic carbocycles. The number of rotatable bonds is 6. The molecule has 0 aromatic heterocycles. The van der Waals surface area contributed by atoms with Gasteiger partial charge in [-0.1, -0.05) is 56.5 Å². The molecule has 1 aliphatic carbocycles. The molecule has 1 atom stereocenters. The lowest BCUT2D eigenvalue weighted by Gasteiger charge is -2.31. The summed E-state index contributed by atoms with van der Waals surface area (Å²) in [5.74, 6) is 1.77. The summed E-state index contributed by atoms with van der Waals surface area (Å²) in [5.41, 5.74) is 7.85. The lowest BCUT2D eigenvalue weighted by atomic mass is 9.77. The first-order valence-electron chi connectivity index (χ1n) is 8.09. The molecule has 1 heteroatoms. The predicted octanol–water partition coefficient (Wildman–Crippen LogP) is 4.55. The quantitative estimate of drug-likeness (QED) is 0.796. The molecule has 1 nitrogen and oxygen atoms in total. The molecule has 1 saturated carbocycles. The summed E-state index contributed by atoms with van der Waals surface area (Å²) in [7, 11) is 0. The molecule has 19 heavy (non-hydrogen) atoms. The fourth-order valence-corrected chi connectivity index (χ4v) is 3.45. The molecule has 2 rings (SSSR count). The molecule has 0 saturated heterocycles. The SMILES string of the molecule is CCC1CCC(C(N)CCCc2ccccc2)CC1. The summed E-state index contributed by atoms with van der Waals surface area (Å²) < 4.78 is 0. The van der Waals surface area contributed by atoms with E-state index in [2.05, 4.69) is 37.3 Å². The third kappa shape index (κ3) is 4.65. The lowest BCUT2D eigenvalue weighted by Crippen LogP contribution is -2.33. The fraction of sp³-hybridized carbons (Fsp3) is 0.667. The van der Waals surface area contributed by atoms with Crippen molar-refractivity contribution in [2.24, 2.45) is 17.6 Å². The maximum Gasteiger partial charge on any atom is 0.00672 e. The molecule has 0 heterocycles. The molecule has 0 aliphatic heterocycles. The van der Waals surface area contributed by atoms with Gasteiger partial charge in [0.15, 0.2) is 0 Å². The summed E-state index contributed by atoms with van der Waals surface area (Å²) in [6, 6.07) is 11.2. The van der Waals surface area contributed by atoms with Crippen molar-refractivity contribution in [3.8, 4) is 0 Å². The van der Waals surface area contributed by atoms with Gasteiger partial charge in [-0.25, -0.2) is 0 Å². The van der Waals surface area contributed by atoms with Crippen molar-refractivity contribution in [3.05, 3.63) is 35.9 Å². The van der Waals surface area contributed by atoms with Crippen LogP contribution in [0.2, 0.25) is 0 Å². The van der Waals surface area contributed by atoms with E-state index in [9.17, 15) is 0 Å². The van der Waals surface area contributed by atoms with E-state index in [-0.39, 0.29) is 0 Å². The molecular formula is C18H29N. The summed E-state index contributed by atoms with van der Waals surface area (Å²) in [6.07, 6.45) is 10.5. The van der Waals surface area contributed by atoms with Crippen molar-refractivity contribution in [1.29, 1.82) is 0 Å². The van der Waals surface area contributed by atoms with Gasteiger partial charge in [0.05, 0.1) is 0 Å². The second-order valence-electron chi connectivity index (χ2n) is 6.23. The molecule has 1 unspecified atom stereocenters. The Bertz CT molecular complexity index is 338. The minimum absolute atomic E-state index is 0.432. The first-order chi connectivity index (χ1) is 9.29. The Labute approximate surface area is 118 Å². The maximum absolute atomic E-state index is 6.40. The second-order valence-corrected chi connectivity index (χ2v) is 6.23. The smallest absolute Gasteiger partial charge is 0.00672 e. The van der Waals surface area contributed by atoms with Crippen LogP contribution in [0.1, 0.15) is 57.4 Å². The van der Waals surface area contributed by atoms with Gasteiger partial charge in [0.2, 0.25) is 0 Å². The normalized spacial score (nSPS) is 25.2. The summed E-state index contributed by atoms with van der Waals surface area (Å²) in [4.78, 5) is 0. The Hall–Kier alpha value is -0.820. The Balaban J connectivity index is 1.66. The van der Waals surface area contributed by atoms with Gasteiger partial charge < -0.3 is 5.73 Å². The highest BCUT2D eigenvalue weighted by molar-refractivity contribution is 5.14. The molecular weight excluding hydrogens is 230 g/mol. The Morgan fingerprint density at radius 2 is 1.79 bits per heavy atom. The molecule has 0 amide bonds. The number of nitrogens with two attached hydrogens (primary N) is 1. The summed E-state index contributed by atoms with van der Waals surface area (Å²) in [6.45, 7) is 2.32. The third-order valence-electron chi connectivity index (χ3n) is 4.92. The van der Waals surface area contributed by atoms with E-state index in [4.69, 9.17) is 5.73 Å². The van der Waals surface area contributed by atoms with Gasteiger partial charge in [0, 0.05) is 6.04 Å². The average molecular weight is 259 g/mol. The van der Waals surface area contributed by atoms with E-state index in [0.717, 1.165) is 11.8 Å². The van der Waals surface area contributed by atoms with Crippen molar-refractivity contribution in [2.45, 2.75) is 64.3 Å². The number of benzene rings is 1. The highest BCUT2D eigenvalue weighted by atomic mass is 14.6. The zero-order chi connectivity index (χ0) is 13.5. The van der Waals surface area contributed by atoms with E-state index in [1.165, 1.54) is 56.9 Å². The molecule has 106 valence electrons. The number of aryl methyl sites for hydroxylation is 1. The monoisotopic (exact) mass is 259 g/mol. The van der Waals surface area contributed by atoms with Crippen LogP contribution in [0.5, 0.6) is 0 Å². The Morgan fingerprint density at radius 1 is 1.11 bits per heavy atom. The van der Waals surface area contributed by atoms with E-state index < -0.39 is 0 Å². The molecule has 0 bridgehead atoms. The van der Waals surface area contributed by atoms with Crippen LogP contribution < -0.4 is 5.73 Å². The van der Waals surface area contributed by atoms with Gasteiger partial charge in [-0.05, 0) is 49.5 Å². The molecule has 2 N–H and O–H groups in total. The van der Waals surface area contributed by atoms with E-state index in [1.807, 2.05) is 0 Å². The zero-order valence-electron chi connectivity index (χ0n) is 12.4. The summed E-state index contributed by atoms with van der Waals surface area (Å²) >= 11 is 0. The zero-order valence-corrected chi connectivity index (χ0v) is 12.4. The maximum atomic E-state index is 6.40. The van der Waals surface area contributed by atoms with Crippen molar-refractivity contribution < 1.29 is 0 Å². The van der Waals surface area contributed by atoms with Crippen LogP contribution >= 0.6 is 0 Å². The fourth-order valence-electron chi connectivity index (χ4n) is 3.45. The highest BCUT2D eigenvalue weighted by Crippen LogP contribution is 2.32. The van der Waals surface area contributed by atoms with Crippen molar-refractivity contribution in [3.63, 3.8) is 0 Å². The molecule has 1 aliphatic rings. The van der Waals surface area contributed by atoms with Crippen LogP contribution in [0.3, 0.4) is 0 Å². The van der Waals surface area contributed by atoms with E-state index in [0.29, 0.717) is 6.04 Å². The largest absolute Gasteiger partial charge is 0.327 e. The van der Waals surface area contributed by atoms with Crippen LogP contribution in [0.4, 0.5) is 0 Å². The molecule has 0 spiro atoms. The third-order valence-corrected chi connectivity index (χ3v) is 4.92. The first kappa shape index (κ1) is 14.6. The summed E-state index contributed by atoms with van der Waals surface area (Å²) in [5, 5.41) is 0. The van der Waals surface area contributed by atoms with Gasteiger partial charge in [0.1, 0.15) is 0 Å². The van der Waals surface area contributed by atoms with Crippen molar-refractivity contribution in [2.75, 3.05) is 0 Å². The highest BCUT2D eigenvalue weighted by Gasteiger charge is 2.24. The van der Waals surface area contributed by atoms with Crippen molar-refractivity contribution >= 4 is 0 Å². The second kappa shape index (κ2) is 7.69. The van der Waals surface area contributed by atoms with Crippen LogP contribution in [0, 0.1) is 11.8 Å². The van der Waals surface area contributed by atoms with Gasteiger partial charge in [0.25, 0.3) is 0 Å². The Morgan fingerprint density at radius 3 is 2.42 bits per heavy atom. The van der Waals surface area contributed by atoms with Gasteiger partial charge in [-0.15, -0.1) is 0 Å². The minimum atomic E-state index is 0.432. The average Bonchev–Trinajstić information content (AvgIpc) is 2.48. The molecule has 1 aromatic rings. The minimum Gasteiger partial charge on any atom is -0.327 e. The van der Waals surface area contributed by atoms with Crippen LogP contribution in [0.15, 0.2) is 30.3 Å². The van der Waals surface area contributed by atoms with Gasteiger partial charge >= 0.3 is 0 Å². The van der Waals surface area contributed by atoms with E-state index in [1.54, 1.807) is 0 Å². The molecule has 1 fully saturated rings. The number of hydrogen-bond acceptors (Lipinski definition) is 1. The van der Waals surface area contributed by atoms with Crippen LogP contribution in [0.25, 0.3) is 0 Å². The van der Waals surface area contributed by atoms with Gasteiger partial charge in [-0.2, -0.15) is 0 Å². The van der Waals surface area contributed by atoms with E-state index >= 15 is 0 Å². The van der Waals surface area contributed by atoms with Crippen molar-refractivity contribution in [1.82, 2.24) is 0 Å². The Kier molecular flexibility index (Phi) is 5.91. The predicted molar refractivity (Wildman–Crippen MR) is 83.1 cm³/mol. The lowest BCUT2D eigenvalue weighted by molar-refractivity contribution is 0.232. The van der Waals surface area contributed by atoms with Crippen LogP contribution in [-0.4, -0.2) is 6.04 Å². The van der Waals surface area contributed by atoms with Crippen LogP contribution in [-0.2, 0) is 6.42 Å². The molecule has 0 radical (unpaired) electrons. The first-order valence-corrected chi connectivity index (χ1v) is 8.09.